The molecule has 0 spiro atoms. The van der Waals surface area contributed by atoms with Crippen LogP contribution >= 0.6 is 0 Å². The number of nitrogens with one attached hydrogen (secondary N) is 1. The van der Waals surface area contributed by atoms with E-state index in [0.29, 0.717) is 0 Å². The van der Waals surface area contributed by atoms with Crippen molar-refractivity contribution >= 4 is 6.09 Å². The second-order valence-electron chi connectivity index (χ2n) is 7.59. The zero-order valence-corrected chi connectivity index (χ0v) is 16.1. The van der Waals surface area contributed by atoms with Crippen LogP contribution < -0.4 is 5.32 Å². The first kappa shape index (κ1) is 19.9. The molecule has 5 nitrogen and oxygen atoms in total. The topological polar surface area (TPSA) is 54.5 Å². The molecule has 26 heavy (non-hydrogen) atoms. The molecule has 5 heteroatoms. The highest BCUT2D eigenvalue weighted by molar-refractivity contribution is 5.68. The predicted octanol–water partition coefficient (Wildman–Crippen LogP) is 3.65. The van der Waals surface area contributed by atoms with Gasteiger partial charge >= 0.3 is 6.09 Å². The van der Waals surface area contributed by atoms with Crippen LogP contribution in [-0.2, 0) is 17.7 Å². The molecule has 0 saturated carbocycles. The highest BCUT2D eigenvalue weighted by atomic mass is 16.6. The van der Waals surface area contributed by atoms with Gasteiger partial charge in [0.05, 0.1) is 0 Å². The van der Waals surface area contributed by atoms with Gasteiger partial charge in [-0.05, 0) is 57.5 Å². The van der Waals surface area contributed by atoms with Crippen molar-refractivity contribution in [1.82, 2.24) is 15.2 Å². The second kappa shape index (κ2) is 9.34. The smallest absolute Gasteiger partial charge is 0.407 e. The summed E-state index contributed by atoms with van der Waals surface area (Å²) in [6, 6.07) is 14.1. The Labute approximate surface area is 156 Å². The van der Waals surface area contributed by atoms with Crippen LogP contribution in [0.1, 0.15) is 31.9 Å². The molecule has 0 aliphatic rings. The molecule has 1 amide bonds. The molecule has 1 N–H and O–H groups in total. The molecular formula is C21H29N3O2. The summed E-state index contributed by atoms with van der Waals surface area (Å²) >= 11 is 0. The van der Waals surface area contributed by atoms with Crippen LogP contribution in [0.4, 0.5) is 4.79 Å². The molecule has 2 rings (SSSR count). The number of hydrogen-bond acceptors (Lipinski definition) is 4. The Kier molecular flexibility index (Phi) is 7.16. The van der Waals surface area contributed by atoms with Gasteiger partial charge in [0.1, 0.15) is 5.60 Å². The Morgan fingerprint density at radius 2 is 1.77 bits per heavy atom. The zero-order valence-electron chi connectivity index (χ0n) is 16.1. The number of amides is 1. The van der Waals surface area contributed by atoms with Crippen LogP contribution in [0.3, 0.4) is 0 Å². The summed E-state index contributed by atoms with van der Waals surface area (Å²) in [5, 5.41) is 3.02. The maximum atomic E-state index is 12.2. The minimum Gasteiger partial charge on any atom is -0.444 e. The second-order valence-corrected chi connectivity index (χ2v) is 7.59. The third-order valence-corrected chi connectivity index (χ3v) is 3.78. The number of carbonyl (C=O) groups excluding carboxylic acids is 1. The highest BCUT2D eigenvalue weighted by Crippen LogP contribution is 2.10. The highest BCUT2D eigenvalue weighted by Gasteiger charge is 2.21. The quantitative estimate of drug-likeness (QED) is 0.824. The molecule has 0 bridgehead atoms. The van der Waals surface area contributed by atoms with Gasteiger partial charge in [-0.2, -0.15) is 0 Å². The molecule has 0 aliphatic carbocycles. The first-order valence-electron chi connectivity index (χ1n) is 8.93. The molecular weight excluding hydrogens is 326 g/mol. The number of aromatic nitrogens is 1. The van der Waals surface area contributed by atoms with Gasteiger partial charge in [0.15, 0.2) is 0 Å². The fourth-order valence-electron chi connectivity index (χ4n) is 2.77. The Morgan fingerprint density at radius 3 is 2.38 bits per heavy atom. The summed E-state index contributed by atoms with van der Waals surface area (Å²) in [4.78, 5) is 18.5. The molecule has 1 heterocycles. The van der Waals surface area contributed by atoms with Crippen LogP contribution in [0, 0.1) is 0 Å². The average molecular weight is 355 g/mol. The zero-order chi connectivity index (χ0) is 19.0. The first-order chi connectivity index (χ1) is 12.3. The summed E-state index contributed by atoms with van der Waals surface area (Å²) in [5.41, 5.74) is 1.87. The number of rotatable bonds is 7. The maximum absolute atomic E-state index is 12.2. The maximum Gasteiger partial charge on any atom is 0.407 e. The van der Waals surface area contributed by atoms with Crippen molar-refractivity contribution in [2.45, 2.75) is 45.4 Å². The van der Waals surface area contributed by atoms with E-state index in [4.69, 9.17) is 4.74 Å². The van der Waals surface area contributed by atoms with Crippen molar-refractivity contribution in [3.8, 4) is 0 Å². The summed E-state index contributed by atoms with van der Waals surface area (Å²) in [6.07, 6.45) is 3.96. The molecule has 2 aromatic rings. The SMILES string of the molecule is CN(Cc1ccncc1)C[C@H](Cc1ccccc1)NC(=O)OC(C)(C)C. The Balaban J connectivity index is 2.00. The van der Waals surface area contributed by atoms with Gasteiger partial charge < -0.3 is 15.0 Å². The molecule has 0 radical (unpaired) electrons. The van der Waals surface area contributed by atoms with E-state index in [0.717, 1.165) is 19.5 Å². The summed E-state index contributed by atoms with van der Waals surface area (Å²) in [7, 11) is 2.05. The first-order valence-corrected chi connectivity index (χ1v) is 8.93. The van der Waals surface area contributed by atoms with Crippen LogP contribution in [0.5, 0.6) is 0 Å². The third-order valence-electron chi connectivity index (χ3n) is 3.78. The van der Waals surface area contributed by atoms with E-state index >= 15 is 0 Å². The van der Waals surface area contributed by atoms with Crippen molar-refractivity contribution in [3.63, 3.8) is 0 Å². The van der Waals surface area contributed by atoms with E-state index in [1.807, 2.05) is 51.1 Å². The Bertz CT molecular complexity index is 669. The average Bonchev–Trinajstić information content (AvgIpc) is 2.54. The molecule has 0 fully saturated rings. The van der Waals surface area contributed by atoms with Crippen molar-refractivity contribution in [2.24, 2.45) is 0 Å². The van der Waals surface area contributed by atoms with Gasteiger partial charge in [-0.1, -0.05) is 30.3 Å². The van der Waals surface area contributed by atoms with Gasteiger partial charge in [-0.3, -0.25) is 4.98 Å². The Morgan fingerprint density at radius 1 is 1.12 bits per heavy atom. The number of hydrogen-bond donors (Lipinski definition) is 1. The molecule has 0 saturated heterocycles. The molecule has 1 aromatic carbocycles. The van der Waals surface area contributed by atoms with Gasteiger partial charge in [0, 0.05) is 31.5 Å². The van der Waals surface area contributed by atoms with E-state index in [1.54, 1.807) is 12.4 Å². The number of nitrogens with zero attached hydrogens (tertiary/aromatic N) is 2. The van der Waals surface area contributed by atoms with Gasteiger partial charge in [0.2, 0.25) is 0 Å². The van der Waals surface area contributed by atoms with Crippen LogP contribution in [0.25, 0.3) is 0 Å². The molecule has 0 unspecified atom stereocenters. The van der Waals surface area contributed by atoms with E-state index in [2.05, 4.69) is 34.4 Å². The summed E-state index contributed by atoms with van der Waals surface area (Å²) in [5.74, 6) is 0. The van der Waals surface area contributed by atoms with Gasteiger partial charge in [-0.15, -0.1) is 0 Å². The van der Waals surface area contributed by atoms with Crippen molar-refractivity contribution in [3.05, 3.63) is 66.0 Å². The summed E-state index contributed by atoms with van der Waals surface area (Å²) < 4.78 is 5.43. The molecule has 1 aromatic heterocycles. The van der Waals surface area contributed by atoms with E-state index in [9.17, 15) is 4.79 Å². The predicted molar refractivity (Wildman–Crippen MR) is 104 cm³/mol. The molecule has 0 aliphatic heterocycles. The van der Waals surface area contributed by atoms with Crippen LogP contribution in [0.2, 0.25) is 0 Å². The molecule has 1 atom stereocenters. The fourth-order valence-corrected chi connectivity index (χ4v) is 2.77. The lowest BCUT2D eigenvalue weighted by atomic mass is 10.1. The van der Waals surface area contributed by atoms with Gasteiger partial charge in [-0.25, -0.2) is 4.79 Å². The minimum absolute atomic E-state index is 0.0425. The van der Waals surface area contributed by atoms with Gasteiger partial charge in [0.25, 0.3) is 0 Å². The van der Waals surface area contributed by atoms with E-state index in [1.165, 1.54) is 11.1 Å². The van der Waals surface area contributed by atoms with Crippen molar-refractivity contribution in [1.29, 1.82) is 0 Å². The number of likely N-dealkylation sites (N-methyl/N-ethyl adjacent to an activating group) is 1. The van der Waals surface area contributed by atoms with E-state index < -0.39 is 5.60 Å². The van der Waals surface area contributed by atoms with Crippen molar-refractivity contribution < 1.29 is 9.53 Å². The van der Waals surface area contributed by atoms with Crippen LogP contribution in [0.15, 0.2) is 54.9 Å². The van der Waals surface area contributed by atoms with Crippen molar-refractivity contribution in [2.75, 3.05) is 13.6 Å². The lowest BCUT2D eigenvalue weighted by molar-refractivity contribution is 0.0494. The largest absolute Gasteiger partial charge is 0.444 e. The number of alkyl carbamates (subject to hydrolysis) is 1. The van der Waals surface area contributed by atoms with Crippen LogP contribution in [-0.4, -0.2) is 41.2 Å². The minimum atomic E-state index is -0.510. The fraction of sp³-hybridized carbons (Fsp3) is 0.429. The summed E-state index contributed by atoms with van der Waals surface area (Å²) in [6.45, 7) is 7.12. The number of pyridine rings is 1. The lowest BCUT2D eigenvalue weighted by Gasteiger charge is -2.27. The standard InChI is InChI=1S/C21H29N3O2/c1-21(2,3)26-20(25)23-19(14-17-8-6-5-7-9-17)16-24(4)15-18-10-12-22-13-11-18/h5-13,19H,14-16H2,1-4H3,(H,23,25)/t19-/m0/s1. The monoisotopic (exact) mass is 355 g/mol. The number of benzene rings is 1. The third kappa shape index (κ3) is 7.66. The Hall–Kier alpha value is -2.40. The normalized spacial score (nSPS) is 12.7. The number of ether oxygens (including phenoxy) is 1. The molecule has 140 valence electrons. The number of carbonyl (C=O) groups is 1. The van der Waals surface area contributed by atoms with E-state index in [-0.39, 0.29) is 12.1 Å². The lowest BCUT2D eigenvalue weighted by Crippen LogP contribution is -2.45.